The maximum Gasteiger partial charge on any atom is 0.306 e. The van der Waals surface area contributed by atoms with Crippen LogP contribution in [0, 0.1) is 11.8 Å². The monoisotopic (exact) mass is 474 g/mol. The molecule has 0 bridgehead atoms. The van der Waals surface area contributed by atoms with E-state index in [1.807, 2.05) is 13.0 Å². The second-order valence-corrected chi connectivity index (χ2v) is 11.4. The fourth-order valence-corrected chi connectivity index (χ4v) is 5.77. The molecule has 5 atom stereocenters. The lowest BCUT2D eigenvalue weighted by Crippen LogP contribution is -2.51. The molecule has 0 aromatic heterocycles. The number of fused-ring (bicyclic) bond motifs is 1. The first-order valence-corrected chi connectivity index (χ1v) is 13.6. The van der Waals surface area contributed by atoms with Crippen LogP contribution in [0.2, 0.25) is 0 Å². The first-order valence-electron chi connectivity index (χ1n) is 13.6. The predicted octanol–water partition coefficient (Wildman–Crippen LogP) is 7.77. The molecular weight excluding hydrogens is 424 g/mol. The summed E-state index contributed by atoms with van der Waals surface area (Å²) in [5, 5.41) is 19.4. The Kier molecular flexibility index (Phi) is 10.6. The van der Waals surface area contributed by atoms with Crippen molar-refractivity contribution in [2.24, 2.45) is 11.8 Å². The molecule has 1 aliphatic carbocycles. The van der Waals surface area contributed by atoms with Crippen LogP contribution in [-0.4, -0.2) is 33.5 Å². The average molecular weight is 475 g/mol. The van der Waals surface area contributed by atoms with E-state index in [0.717, 1.165) is 56.9 Å². The highest BCUT2D eigenvalue weighted by Gasteiger charge is 2.48. The Labute approximate surface area is 208 Å². The van der Waals surface area contributed by atoms with Gasteiger partial charge in [-0.2, -0.15) is 0 Å². The number of carboxylic acids is 1. The van der Waals surface area contributed by atoms with E-state index >= 15 is 0 Å². The smallest absolute Gasteiger partial charge is 0.306 e. The van der Waals surface area contributed by atoms with Gasteiger partial charge in [-0.1, -0.05) is 45.3 Å². The Morgan fingerprint density at radius 3 is 2.59 bits per heavy atom. The van der Waals surface area contributed by atoms with Crippen molar-refractivity contribution in [1.82, 2.24) is 0 Å². The average Bonchev–Trinajstić information content (AvgIpc) is 2.78. The SMILES string of the molecule is CCC12OC(C)(CCCC(C)CC/C=C(\C)CCCC(C)C(=O)O)CCC1=CC(O)C(C)=C2C. The zero-order valence-electron chi connectivity index (χ0n) is 22.9. The fraction of sp³-hybridized carbons (Fsp3) is 0.767. The van der Waals surface area contributed by atoms with E-state index in [9.17, 15) is 9.90 Å². The van der Waals surface area contributed by atoms with E-state index in [2.05, 4.69) is 40.7 Å². The normalized spacial score (nSPS) is 29.5. The molecule has 1 saturated heterocycles. The Hall–Kier alpha value is -1.39. The number of carboxylic acid groups (broad SMARTS) is 1. The number of ether oxygens (including phenoxy) is 1. The van der Waals surface area contributed by atoms with Crippen molar-refractivity contribution >= 4 is 5.97 Å². The lowest BCUT2D eigenvalue weighted by Gasteiger charge is -2.51. The van der Waals surface area contributed by atoms with Gasteiger partial charge in [0.2, 0.25) is 0 Å². The standard InChI is InChI=1S/C30H50O4/c1-8-30-25(6)24(5)27(31)20-26(30)17-19-29(7,34-30)18-11-15-22(3)13-9-12-21(2)14-10-16-23(4)28(32)33/h12,20,22-23,27,31H,8-11,13-19H2,1-7H3,(H,32,33)/b21-12+. The minimum Gasteiger partial charge on any atom is -0.481 e. The molecule has 2 rings (SSSR count). The highest BCUT2D eigenvalue weighted by atomic mass is 16.5. The molecule has 1 fully saturated rings. The molecule has 0 spiro atoms. The zero-order chi connectivity index (χ0) is 25.5. The molecule has 0 aromatic carbocycles. The number of hydrogen-bond acceptors (Lipinski definition) is 3. The summed E-state index contributed by atoms with van der Waals surface area (Å²) >= 11 is 0. The molecule has 2 N–H and O–H groups in total. The maximum absolute atomic E-state index is 10.9. The van der Waals surface area contributed by atoms with Crippen molar-refractivity contribution in [3.63, 3.8) is 0 Å². The van der Waals surface area contributed by atoms with Gasteiger partial charge in [-0.15, -0.1) is 0 Å². The van der Waals surface area contributed by atoms with Crippen molar-refractivity contribution < 1.29 is 19.7 Å². The number of aliphatic hydroxyl groups is 1. The van der Waals surface area contributed by atoms with Gasteiger partial charge in [0.05, 0.1) is 17.6 Å². The lowest BCUT2D eigenvalue weighted by atomic mass is 9.70. The summed E-state index contributed by atoms with van der Waals surface area (Å²) in [6.45, 7) is 15.0. The van der Waals surface area contributed by atoms with Gasteiger partial charge >= 0.3 is 5.97 Å². The zero-order valence-corrected chi connectivity index (χ0v) is 22.9. The molecule has 2 aliphatic rings. The lowest BCUT2D eigenvalue weighted by molar-refractivity contribution is -0.144. The van der Waals surface area contributed by atoms with Crippen LogP contribution in [0.1, 0.15) is 119 Å². The van der Waals surface area contributed by atoms with Crippen molar-refractivity contribution in [3.8, 4) is 0 Å². The third-order valence-electron chi connectivity index (χ3n) is 8.55. The largest absolute Gasteiger partial charge is 0.481 e. The first-order chi connectivity index (χ1) is 15.9. The summed E-state index contributed by atoms with van der Waals surface area (Å²) < 4.78 is 6.93. The van der Waals surface area contributed by atoms with Crippen molar-refractivity contribution in [2.45, 2.75) is 136 Å². The van der Waals surface area contributed by atoms with Gasteiger partial charge in [0.15, 0.2) is 0 Å². The molecule has 194 valence electrons. The molecule has 1 aliphatic heterocycles. The Balaban J connectivity index is 1.77. The van der Waals surface area contributed by atoms with E-state index in [1.54, 1.807) is 6.92 Å². The second-order valence-electron chi connectivity index (χ2n) is 11.4. The molecule has 0 amide bonds. The number of allylic oxidation sites excluding steroid dienone is 2. The van der Waals surface area contributed by atoms with Crippen molar-refractivity contribution in [2.75, 3.05) is 0 Å². The van der Waals surface area contributed by atoms with E-state index in [-0.39, 0.29) is 17.1 Å². The van der Waals surface area contributed by atoms with Gasteiger partial charge < -0.3 is 14.9 Å². The molecule has 1 heterocycles. The minimum absolute atomic E-state index is 0.111. The van der Waals surface area contributed by atoms with E-state index in [1.165, 1.54) is 36.0 Å². The fourth-order valence-electron chi connectivity index (χ4n) is 5.77. The first kappa shape index (κ1) is 28.8. The molecule has 0 aromatic rings. The Morgan fingerprint density at radius 1 is 1.24 bits per heavy atom. The molecular formula is C30H50O4. The number of aliphatic carboxylic acids is 1. The number of hydrogen-bond donors (Lipinski definition) is 2. The maximum atomic E-state index is 10.9. The van der Waals surface area contributed by atoms with Gasteiger partial charge in [0, 0.05) is 0 Å². The highest BCUT2D eigenvalue weighted by Crippen LogP contribution is 2.50. The van der Waals surface area contributed by atoms with Crippen LogP contribution in [-0.2, 0) is 9.53 Å². The third-order valence-corrected chi connectivity index (χ3v) is 8.55. The van der Waals surface area contributed by atoms with Gasteiger partial charge in [-0.25, -0.2) is 0 Å². The summed E-state index contributed by atoms with van der Waals surface area (Å²) in [4.78, 5) is 10.9. The van der Waals surface area contributed by atoms with E-state index in [0.29, 0.717) is 5.92 Å². The topological polar surface area (TPSA) is 66.8 Å². The molecule has 4 nitrogen and oxygen atoms in total. The molecule has 0 radical (unpaired) electrons. The summed E-state index contributed by atoms with van der Waals surface area (Å²) in [5.74, 6) is -0.247. The van der Waals surface area contributed by atoms with Crippen LogP contribution in [0.15, 0.2) is 34.4 Å². The van der Waals surface area contributed by atoms with Crippen LogP contribution in [0.4, 0.5) is 0 Å². The van der Waals surface area contributed by atoms with Crippen LogP contribution < -0.4 is 0 Å². The van der Waals surface area contributed by atoms with Crippen molar-refractivity contribution in [1.29, 1.82) is 0 Å². The van der Waals surface area contributed by atoms with Crippen molar-refractivity contribution in [3.05, 3.63) is 34.4 Å². The van der Waals surface area contributed by atoms with E-state index < -0.39 is 12.1 Å². The summed E-state index contributed by atoms with van der Waals surface area (Å²) in [6, 6.07) is 0. The molecule has 34 heavy (non-hydrogen) atoms. The summed E-state index contributed by atoms with van der Waals surface area (Å²) in [5.41, 5.74) is 4.48. The number of carbonyl (C=O) groups is 1. The predicted molar refractivity (Wildman–Crippen MR) is 141 cm³/mol. The molecule has 4 heteroatoms. The summed E-state index contributed by atoms with van der Waals surface area (Å²) in [6.07, 6.45) is 15.4. The van der Waals surface area contributed by atoms with Crippen LogP contribution in [0.5, 0.6) is 0 Å². The van der Waals surface area contributed by atoms with Gasteiger partial charge in [0.25, 0.3) is 0 Å². The van der Waals surface area contributed by atoms with Gasteiger partial charge in [-0.3, -0.25) is 4.79 Å². The molecule has 0 saturated carbocycles. The quantitative estimate of drug-likeness (QED) is 0.268. The Bertz CT molecular complexity index is 792. The van der Waals surface area contributed by atoms with Crippen LogP contribution in [0.3, 0.4) is 0 Å². The summed E-state index contributed by atoms with van der Waals surface area (Å²) in [7, 11) is 0. The Morgan fingerprint density at radius 2 is 1.94 bits per heavy atom. The highest BCUT2D eigenvalue weighted by molar-refractivity contribution is 5.69. The van der Waals surface area contributed by atoms with Gasteiger partial charge in [-0.05, 0) is 114 Å². The second kappa shape index (κ2) is 12.5. The third kappa shape index (κ3) is 7.31. The van der Waals surface area contributed by atoms with Gasteiger partial charge in [0.1, 0.15) is 5.60 Å². The van der Waals surface area contributed by atoms with Crippen LogP contribution >= 0.6 is 0 Å². The number of aliphatic hydroxyl groups excluding tert-OH is 1. The molecule has 5 unspecified atom stereocenters. The number of rotatable bonds is 13. The van der Waals surface area contributed by atoms with Crippen LogP contribution in [0.25, 0.3) is 0 Å². The van der Waals surface area contributed by atoms with E-state index in [4.69, 9.17) is 9.84 Å². The minimum atomic E-state index is -0.691.